The first kappa shape index (κ1) is 25.4. The number of aromatic nitrogens is 6. The number of hydrogen-bond donors (Lipinski definition) is 2. The van der Waals surface area contributed by atoms with E-state index in [4.69, 9.17) is 24.9 Å². The van der Waals surface area contributed by atoms with E-state index in [1.807, 2.05) is 10.9 Å². The van der Waals surface area contributed by atoms with Gasteiger partial charge in [-0.3, -0.25) is 9.48 Å². The Morgan fingerprint density at radius 3 is 2.58 bits per heavy atom. The summed E-state index contributed by atoms with van der Waals surface area (Å²) >= 11 is 0. The minimum atomic E-state index is -0.337. The fourth-order valence-electron chi connectivity index (χ4n) is 4.11. The van der Waals surface area contributed by atoms with Crippen molar-refractivity contribution in [3.63, 3.8) is 0 Å². The molecule has 12 heteroatoms. The third-order valence-corrected chi connectivity index (χ3v) is 6.23. The van der Waals surface area contributed by atoms with Crippen molar-refractivity contribution in [1.82, 2.24) is 34.8 Å². The van der Waals surface area contributed by atoms with Crippen molar-refractivity contribution in [2.24, 2.45) is 0 Å². The summed E-state index contributed by atoms with van der Waals surface area (Å²) in [6.07, 6.45) is 5.22. The molecule has 0 amide bonds. The number of morpholine rings is 1. The van der Waals surface area contributed by atoms with Crippen LogP contribution in [0.3, 0.4) is 0 Å². The van der Waals surface area contributed by atoms with Crippen LogP contribution in [-0.2, 0) is 11.3 Å². The summed E-state index contributed by atoms with van der Waals surface area (Å²) in [6.45, 7) is 6.21. The molecule has 1 aromatic carbocycles. The maximum Gasteiger partial charge on any atom is 0.271 e. The van der Waals surface area contributed by atoms with Crippen LogP contribution in [0.1, 0.15) is 13.8 Å². The highest BCUT2D eigenvalue weighted by atomic mass is 16.5. The second-order valence-corrected chi connectivity index (χ2v) is 9.68. The van der Waals surface area contributed by atoms with Gasteiger partial charge in [0.2, 0.25) is 0 Å². The predicted molar refractivity (Wildman–Crippen MR) is 141 cm³/mol. The largest absolute Gasteiger partial charge is 0.497 e. The second kappa shape index (κ2) is 10.2. The standard InChI is InChI=1S/C26H30N8O4/c1-26(2)15-38-20(11-29-26)14-33-13-16(10-30-33)22-12-28-25(27)24(31-22)21-5-6-23(35)34(32-21)17-7-18(36-3)9-19(8-17)37-4/h5-10,12-13,20,29H,11,14-15H2,1-4H3,(H2,27,28)/t20-/m1/s1. The summed E-state index contributed by atoms with van der Waals surface area (Å²) in [5.41, 5.74) is 8.37. The average molecular weight is 519 g/mol. The number of rotatable bonds is 7. The Balaban J connectivity index is 1.43. The highest BCUT2D eigenvalue weighted by molar-refractivity contribution is 5.70. The molecule has 1 fully saturated rings. The number of anilines is 1. The number of nitrogens with two attached hydrogens (primary N) is 1. The van der Waals surface area contributed by atoms with E-state index in [2.05, 4.69) is 34.3 Å². The van der Waals surface area contributed by atoms with Crippen LogP contribution in [0.5, 0.6) is 11.5 Å². The van der Waals surface area contributed by atoms with E-state index in [-0.39, 0.29) is 23.0 Å². The van der Waals surface area contributed by atoms with Crippen molar-refractivity contribution in [2.75, 3.05) is 33.1 Å². The van der Waals surface area contributed by atoms with Crippen LogP contribution >= 0.6 is 0 Å². The average Bonchev–Trinajstić information content (AvgIpc) is 3.38. The zero-order chi connectivity index (χ0) is 26.9. The molecule has 0 spiro atoms. The molecule has 1 saturated heterocycles. The molecule has 5 rings (SSSR count). The molecule has 1 aliphatic heterocycles. The van der Waals surface area contributed by atoms with Gasteiger partial charge in [-0.25, -0.2) is 9.97 Å². The SMILES string of the molecule is COc1cc(OC)cc(-n2nc(-c3nc(-c4cnn(C[C@H]5CNC(C)(C)CO5)c4)cnc3N)ccc2=O)c1. The molecule has 1 aliphatic rings. The molecule has 0 aliphatic carbocycles. The van der Waals surface area contributed by atoms with Gasteiger partial charge in [0, 0.05) is 48.1 Å². The Kier molecular flexibility index (Phi) is 6.83. The van der Waals surface area contributed by atoms with Gasteiger partial charge < -0.3 is 25.3 Å². The molecule has 0 unspecified atom stereocenters. The molecule has 4 aromatic rings. The molecule has 0 saturated carbocycles. The van der Waals surface area contributed by atoms with Crippen LogP contribution in [0, 0.1) is 0 Å². The lowest BCUT2D eigenvalue weighted by Crippen LogP contribution is -2.54. The van der Waals surface area contributed by atoms with Crippen LogP contribution in [-0.4, -0.2) is 68.5 Å². The zero-order valence-corrected chi connectivity index (χ0v) is 21.7. The van der Waals surface area contributed by atoms with Gasteiger partial charge in [0.25, 0.3) is 5.56 Å². The van der Waals surface area contributed by atoms with Gasteiger partial charge in [-0.1, -0.05) is 0 Å². The smallest absolute Gasteiger partial charge is 0.271 e. The number of benzene rings is 1. The van der Waals surface area contributed by atoms with E-state index in [1.165, 1.54) is 25.0 Å². The van der Waals surface area contributed by atoms with Crippen LogP contribution < -0.4 is 26.1 Å². The van der Waals surface area contributed by atoms with E-state index in [1.54, 1.807) is 36.7 Å². The van der Waals surface area contributed by atoms with Crippen molar-refractivity contribution in [1.29, 1.82) is 0 Å². The van der Waals surface area contributed by atoms with Crippen molar-refractivity contribution in [3.05, 3.63) is 59.3 Å². The first-order chi connectivity index (χ1) is 18.2. The predicted octanol–water partition coefficient (Wildman–Crippen LogP) is 1.92. The van der Waals surface area contributed by atoms with Crippen molar-refractivity contribution in [2.45, 2.75) is 32.0 Å². The summed E-state index contributed by atoms with van der Waals surface area (Å²) < 4.78 is 19.7. The Hall–Kier alpha value is -4.29. The van der Waals surface area contributed by atoms with Crippen LogP contribution in [0.25, 0.3) is 28.3 Å². The van der Waals surface area contributed by atoms with Crippen molar-refractivity contribution in [3.8, 4) is 39.8 Å². The molecular formula is C26H30N8O4. The van der Waals surface area contributed by atoms with Crippen LogP contribution in [0.4, 0.5) is 5.82 Å². The molecule has 0 bridgehead atoms. The van der Waals surface area contributed by atoms with Gasteiger partial charge in [-0.05, 0) is 19.9 Å². The molecule has 3 aromatic heterocycles. The lowest BCUT2D eigenvalue weighted by atomic mass is 10.0. The van der Waals surface area contributed by atoms with Gasteiger partial charge in [0.1, 0.15) is 22.9 Å². The van der Waals surface area contributed by atoms with E-state index in [9.17, 15) is 4.79 Å². The highest BCUT2D eigenvalue weighted by Gasteiger charge is 2.27. The van der Waals surface area contributed by atoms with Crippen LogP contribution in [0.15, 0.2) is 53.7 Å². The third-order valence-electron chi connectivity index (χ3n) is 6.23. The Morgan fingerprint density at radius 2 is 1.89 bits per heavy atom. The van der Waals surface area contributed by atoms with E-state index >= 15 is 0 Å². The summed E-state index contributed by atoms with van der Waals surface area (Å²) in [5.74, 6) is 1.23. The van der Waals surface area contributed by atoms with Gasteiger partial charge >= 0.3 is 0 Å². The van der Waals surface area contributed by atoms with Gasteiger partial charge in [-0.15, -0.1) is 0 Å². The zero-order valence-electron chi connectivity index (χ0n) is 21.7. The number of methoxy groups -OCH3 is 2. The quantitative estimate of drug-likeness (QED) is 0.372. The fraction of sp³-hybridized carbons (Fsp3) is 0.346. The number of hydrogen-bond acceptors (Lipinski definition) is 10. The second-order valence-electron chi connectivity index (χ2n) is 9.68. The lowest BCUT2D eigenvalue weighted by Gasteiger charge is -2.35. The minimum Gasteiger partial charge on any atom is -0.497 e. The summed E-state index contributed by atoms with van der Waals surface area (Å²) in [4.78, 5) is 21.7. The van der Waals surface area contributed by atoms with Crippen molar-refractivity contribution >= 4 is 5.82 Å². The Labute approximate surface area is 219 Å². The molecule has 12 nitrogen and oxygen atoms in total. The molecule has 3 N–H and O–H groups in total. The maximum atomic E-state index is 12.7. The molecule has 38 heavy (non-hydrogen) atoms. The van der Waals surface area contributed by atoms with Gasteiger partial charge in [0.15, 0.2) is 5.82 Å². The van der Waals surface area contributed by atoms with E-state index < -0.39 is 0 Å². The maximum absolute atomic E-state index is 12.7. The Morgan fingerprint density at radius 1 is 1.13 bits per heavy atom. The summed E-state index contributed by atoms with van der Waals surface area (Å²) in [6, 6.07) is 8.06. The van der Waals surface area contributed by atoms with Gasteiger partial charge in [-0.2, -0.15) is 14.9 Å². The molecule has 198 valence electrons. The molecule has 1 atom stereocenters. The third kappa shape index (κ3) is 5.36. The molecular weight excluding hydrogens is 488 g/mol. The number of nitrogen functional groups attached to an aromatic ring is 1. The van der Waals surface area contributed by atoms with Crippen molar-refractivity contribution < 1.29 is 14.2 Å². The monoisotopic (exact) mass is 518 g/mol. The number of nitrogens with one attached hydrogen (secondary N) is 1. The normalized spacial score (nSPS) is 16.8. The highest BCUT2D eigenvalue weighted by Crippen LogP contribution is 2.27. The number of ether oxygens (including phenoxy) is 3. The topological polar surface area (TPSA) is 144 Å². The van der Waals surface area contributed by atoms with E-state index in [0.717, 1.165) is 12.1 Å². The van der Waals surface area contributed by atoms with E-state index in [0.29, 0.717) is 47.4 Å². The Bertz CT molecular complexity index is 1480. The minimum absolute atomic E-state index is 0.0179. The fourth-order valence-corrected chi connectivity index (χ4v) is 4.11. The first-order valence-corrected chi connectivity index (χ1v) is 12.1. The van der Waals surface area contributed by atoms with Gasteiger partial charge in [0.05, 0.1) is 57.3 Å². The summed E-state index contributed by atoms with van der Waals surface area (Å²) in [7, 11) is 3.07. The first-order valence-electron chi connectivity index (χ1n) is 12.1. The summed E-state index contributed by atoms with van der Waals surface area (Å²) in [5, 5.41) is 12.5. The molecule has 0 radical (unpaired) electrons. The molecule has 4 heterocycles. The van der Waals surface area contributed by atoms with Crippen LogP contribution in [0.2, 0.25) is 0 Å². The lowest BCUT2D eigenvalue weighted by molar-refractivity contribution is -0.0305. The number of nitrogens with zero attached hydrogens (tertiary/aromatic N) is 6.